The van der Waals surface area contributed by atoms with Crippen LogP contribution in [-0.4, -0.2) is 5.91 Å². The van der Waals surface area contributed by atoms with Crippen molar-refractivity contribution in [3.8, 4) is 0 Å². The first-order chi connectivity index (χ1) is 9.88. The fraction of sp³-hybridized carbons (Fsp3) is 0.316. The van der Waals surface area contributed by atoms with Crippen LogP contribution in [-0.2, 0) is 0 Å². The van der Waals surface area contributed by atoms with Crippen LogP contribution in [0.3, 0.4) is 0 Å². The first-order valence-electron chi connectivity index (χ1n) is 7.37. The van der Waals surface area contributed by atoms with Crippen molar-refractivity contribution in [2.45, 2.75) is 40.5 Å². The Morgan fingerprint density at radius 1 is 1.00 bits per heavy atom. The highest BCUT2D eigenvalue weighted by molar-refractivity contribution is 6.05. The molecule has 0 fully saturated rings. The van der Waals surface area contributed by atoms with Crippen LogP contribution in [0, 0.1) is 20.8 Å². The van der Waals surface area contributed by atoms with Gasteiger partial charge < -0.3 is 5.32 Å². The van der Waals surface area contributed by atoms with Gasteiger partial charge in [-0.3, -0.25) is 4.79 Å². The summed E-state index contributed by atoms with van der Waals surface area (Å²) in [5, 5.41) is 3.09. The van der Waals surface area contributed by atoms with E-state index in [0.717, 1.165) is 22.4 Å². The van der Waals surface area contributed by atoms with Crippen LogP contribution in [0.15, 0.2) is 36.4 Å². The Bertz CT molecular complexity index is 651. The van der Waals surface area contributed by atoms with Gasteiger partial charge in [0.05, 0.1) is 0 Å². The molecule has 110 valence electrons. The average molecular weight is 281 g/mol. The lowest BCUT2D eigenvalue weighted by molar-refractivity contribution is 0.102. The fourth-order valence-corrected chi connectivity index (χ4v) is 2.63. The SMILES string of the molecule is Cc1cc(C)cc(C(=O)Nc2c(C)cccc2C(C)C)c1. The number of aryl methyl sites for hydroxylation is 3. The van der Waals surface area contributed by atoms with Crippen molar-refractivity contribution >= 4 is 11.6 Å². The lowest BCUT2D eigenvalue weighted by Crippen LogP contribution is -2.15. The Morgan fingerprint density at radius 3 is 2.19 bits per heavy atom. The summed E-state index contributed by atoms with van der Waals surface area (Å²) in [6.45, 7) is 10.3. The highest BCUT2D eigenvalue weighted by Gasteiger charge is 2.13. The second-order valence-electron chi connectivity index (χ2n) is 6.02. The smallest absolute Gasteiger partial charge is 0.255 e. The van der Waals surface area contributed by atoms with Crippen LogP contribution in [0.2, 0.25) is 0 Å². The molecule has 0 saturated carbocycles. The second-order valence-corrected chi connectivity index (χ2v) is 6.02. The average Bonchev–Trinajstić information content (AvgIpc) is 2.39. The lowest BCUT2D eigenvalue weighted by Gasteiger charge is -2.16. The summed E-state index contributed by atoms with van der Waals surface area (Å²) in [4.78, 5) is 12.5. The Balaban J connectivity index is 2.36. The van der Waals surface area contributed by atoms with Crippen LogP contribution in [0.5, 0.6) is 0 Å². The Labute approximate surface area is 127 Å². The molecule has 0 aliphatic carbocycles. The van der Waals surface area contributed by atoms with E-state index in [2.05, 4.69) is 31.3 Å². The van der Waals surface area contributed by atoms with Gasteiger partial charge in [-0.25, -0.2) is 0 Å². The third-order valence-electron chi connectivity index (χ3n) is 3.65. The molecule has 0 unspecified atom stereocenters. The summed E-state index contributed by atoms with van der Waals surface area (Å²) in [7, 11) is 0. The molecule has 2 rings (SSSR count). The van der Waals surface area contributed by atoms with Crippen LogP contribution in [0.1, 0.15) is 52.4 Å². The van der Waals surface area contributed by atoms with Gasteiger partial charge in [0.1, 0.15) is 0 Å². The first kappa shape index (κ1) is 15.3. The molecular formula is C19H23NO. The van der Waals surface area contributed by atoms with Crippen LogP contribution >= 0.6 is 0 Å². The van der Waals surface area contributed by atoms with Crippen molar-refractivity contribution < 1.29 is 4.79 Å². The molecule has 0 aliphatic rings. The third-order valence-corrected chi connectivity index (χ3v) is 3.65. The number of carbonyl (C=O) groups excluding carboxylic acids is 1. The molecule has 0 atom stereocenters. The van der Waals surface area contributed by atoms with Crippen molar-refractivity contribution in [1.82, 2.24) is 0 Å². The largest absolute Gasteiger partial charge is 0.321 e. The van der Waals surface area contributed by atoms with Crippen LogP contribution in [0.25, 0.3) is 0 Å². The number of carbonyl (C=O) groups is 1. The molecule has 1 amide bonds. The third kappa shape index (κ3) is 3.52. The number of hydrogen-bond acceptors (Lipinski definition) is 1. The number of nitrogens with one attached hydrogen (secondary N) is 1. The highest BCUT2D eigenvalue weighted by atomic mass is 16.1. The maximum Gasteiger partial charge on any atom is 0.255 e. The Kier molecular flexibility index (Phi) is 4.46. The molecule has 0 heterocycles. The molecule has 2 nitrogen and oxygen atoms in total. The molecule has 0 aliphatic heterocycles. The van der Waals surface area contributed by atoms with Gasteiger partial charge in [-0.1, -0.05) is 49.2 Å². The van der Waals surface area contributed by atoms with E-state index in [0.29, 0.717) is 11.5 Å². The van der Waals surface area contributed by atoms with E-state index in [1.54, 1.807) is 0 Å². The molecule has 0 spiro atoms. The first-order valence-corrected chi connectivity index (χ1v) is 7.37. The van der Waals surface area contributed by atoms with Crippen molar-refractivity contribution in [3.63, 3.8) is 0 Å². The minimum Gasteiger partial charge on any atom is -0.321 e. The van der Waals surface area contributed by atoms with Gasteiger partial charge in [0, 0.05) is 11.3 Å². The van der Waals surface area contributed by atoms with E-state index in [-0.39, 0.29) is 5.91 Å². The summed E-state index contributed by atoms with van der Waals surface area (Å²) >= 11 is 0. The molecule has 0 aromatic heterocycles. The van der Waals surface area contributed by atoms with E-state index < -0.39 is 0 Å². The van der Waals surface area contributed by atoms with E-state index in [4.69, 9.17) is 0 Å². The maximum absolute atomic E-state index is 12.5. The summed E-state index contributed by atoms with van der Waals surface area (Å²) in [6.07, 6.45) is 0. The van der Waals surface area contributed by atoms with Gasteiger partial charge >= 0.3 is 0 Å². The molecule has 2 aromatic carbocycles. The number of anilines is 1. The predicted molar refractivity (Wildman–Crippen MR) is 89.1 cm³/mol. The molecule has 0 bridgehead atoms. The summed E-state index contributed by atoms with van der Waals surface area (Å²) in [5.74, 6) is 0.331. The number of para-hydroxylation sites is 1. The number of rotatable bonds is 3. The quantitative estimate of drug-likeness (QED) is 0.844. The number of amides is 1. The standard InChI is InChI=1S/C19H23NO/c1-12(2)17-8-6-7-15(5)18(17)20-19(21)16-10-13(3)9-14(4)11-16/h6-12H,1-5H3,(H,20,21). The molecule has 0 radical (unpaired) electrons. The molecule has 21 heavy (non-hydrogen) atoms. The zero-order chi connectivity index (χ0) is 15.6. The Hall–Kier alpha value is -2.09. The summed E-state index contributed by atoms with van der Waals surface area (Å²) in [6, 6.07) is 12.1. The zero-order valence-electron chi connectivity index (χ0n) is 13.4. The normalized spacial score (nSPS) is 10.8. The van der Waals surface area contributed by atoms with Gasteiger partial charge in [-0.15, -0.1) is 0 Å². The minimum absolute atomic E-state index is 0.0435. The highest BCUT2D eigenvalue weighted by Crippen LogP contribution is 2.28. The fourth-order valence-electron chi connectivity index (χ4n) is 2.63. The second kappa shape index (κ2) is 6.13. The van der Waals surface area contributed by atoms with Crippen LogP contribution < -0.4 is 5.32 Å². The molecule has 0 saturated heterocycles. The van der Waals surface area contributed by atoms with Gasteiger partial charge in [0.15, 0.2) is 0 Å². The molecular weight excluding hydrogens is 258 g/mol. The maximum atomic E-state index is 12.5. The van der Waals surface area contributed by atoms with Gasteiger partial charge in [-0.05, 0) is 49.9 Å². The topological polar surface area (TPSA) is 29.1 Å². The van der Waals surface area contributed by atoms with Gasteiger partial charge in [0.25, 0.3) is 5.91 Å². The summed E-state index contributed by atoms with van der Waals surface area (Å²) in [5.41, 5.74) is 6.14. The molecule has 2 aromatic rings. The van der Waals surface area contributed by atoms with E-state index >= 15 is 0 Å². The van der Waals surface area contributed by atoms with Crippen molar-refractivity contribution in [3.05, 3.63) is 64.2 Å². The van der Waals surface area contributed by atoms with Crippen LogP contribution in [0.4, 0.5) is 5.69 Å². The molecule has 2 heteroatoms. The minimum atomic E-state index is -0.0435. The van der Waals surface area contributed by atoms with Crippen molar-refractivity contribution in [2.75, 3.05) is 5.32 Å². The Morgan fingerprint density at radius 2 is 1.62 bits per heavy atom. The van der Waals surface area contributed by atoms with Gasteiger partial charge in [0.2, 0.25) is 0 Å². The molecule has 1 N–H and O–H groups in total. The van der Waals surface area contributed by atoms with E-state index in [1.807, 2.05) is 45.0 Å². The number of hydrogen-bond donors (Lipinski definition) is 1. The van der Waals surface area contributed by atoms with Gasteiger partial charge in [-0.2, -0.15) is 0 Å². The van der Waals surface area contributed by atoms with E-state index in [9.17, 15) is 4.79 Å². The number of benzene rings is 2. The van der Waals surface area contributed by atoms with E-state index in [1.165, 1.54) is 5.56 Å². The van der Waals surface area contributed by atoms with Crippen molar-refractivity contribution in [2.24, 2.45) is 0 Å². The predicted octanol–water partition coefficient (Wildman–Crippen LogP) is 4.99. The monoisotopic (exact) mass is 281 g/mol. The van der Waals surface area contributed by atoms with Crippen molar-refractivity contribution in [1.29, 1.82) is 0 Å². The zero-order valence-corrected chi connectivity index (χ0v) is 13.4. The lowest BCUT2D eigenvalue weighted by atomic mass is 9.98. The summed E-state index contributed by atoms with van der Waals surface area (Å²) < 4.78 is 0.